The van der Waals surface area contributed by atoms with Crippen LogP contribution < -0.4 is 10.6 Å². The Bertz CT molecular complexity index is 1120. The van der Waals surface area contributed by atoms with Crippen molar-refractivity contribution in [3.63, 3.8) is 0 Å². The molecule has 1 saturated carbocycles. The fourth-order valence-electron chi connectivity index (χ4n) is 4.86. The molecule has 32 heavy (non-hydrogen) atoms. The molecule has 0 amide bonds. The Hall–Kier alpha value is -2.96. The van der Waals surface area contributed by atoms with Crippen LogP contribution in [0.25, 0.3) is 11.2 Å². The minimum absolute atomic E-state index is 0.0377. The number of alkyl halides is 5. The van der Waals surface area contributed by atoms with Gasteiger partial charge in [0.1, 0.15) is 17.7 Å². The summed E-state index contributed by atoms with van der Waals surface area (Å²) in [6.07, 6.45) is -0.915. The average molecular weight is 454 g/mol. The number of fused-ring (bicyclic) bond motifs is 2. The van der Waals surface area contributed by atoms with E-state index in [2.05, 4.69) is 35.7 Å². The van der Waals surface area contributed by atoms with Gasteiger partial charge >= 0.3 is 6.18 Å². The maximum atomic E-state index is 13.5. The van der Waals surface area contributed by atoms with E-state index in [4.69, 9.17) is 0 Å². The second-order valence-electron chi connectivity index (χ2n) is 8.08. The molecule has 1 aliphatic carbocycles. The summed E-state index contributed by atoms with van der Waals surface area (Å²) in [5.74, 6) is 0.296. The Labute approximate surface area is 178 Å². The van der Waals surface area contributed by atoms with Crippen LogP contribution >= 0.6 is 0 Å². The first-order valence-corrected chi connectivity index (χ1v) is 10.1. The first-order valence-electron chi connectivity index (χ1n) is 10.1. The molecule has 0 spiro atoms. The summed E-state index contributed by atoms with van der Waals surface area (Å²) in [4.78, 5) is 16.1. The van der Waals surface area contributed by atoms with Gasteiger partial charge in [-0.1, -0.05) is 0 Å². The largest absolute Gasteiger partial charge is 0.419 e. The summed E-state index contributed by atoms with van der Waals surface area (Å²) in [7, 11) is 0. The zero-order valence-corrected chi connectivity index (χ0v) is 16.6. The Morgan fingerprint density at radius 2 is 2.00 bits per heavy atom. The molecule has 170 valence electrons. The van der Waals surface area contributed by atoms with Gasteiger partial charge in [0.2, 0.25) is 0 Å². The monoisotopic (exact) mass is 454 g/mol. The molecule has 2 aliphatic rings. The smallest absolute Gasteiger partial charge is 0.363 e. The highest BCUT2D eigenvalue weighted by Crippen LogP contribution is 2.50. The van der Waals surface area contributed by atoms with E-state index in [0.29, 0.717) is 30.6 Å². The molecule has 0 aromatic carbocycles. The van der Waals surface area contributed by atoms with Gasteiger partial charge in [0.05, 0.1) is 42.3 Å². The number of halogens is 5. The summed E-state index contributed by atoms with van der Waals surface area (Å²) in [5, 5.41) is 10.1. The van der Waals surface area contributed by atoms with Crippen molar-refractivity contribution in [1.82, 2.24) is 35.0 Å². The topological polar surface area (TPSA) is 93.4 Å². The zero-order valence-electron chi connectivity index (χ0n) is 16.6. The number of aromatic nitrogens is 6. The highest BCUT2D eigenvalue weighted by atomic mass is 19.4. The van der Waals surface area contributed by atoms with Crippen molar-refractivity contribution in [2.75, 3.05) is 18.4 Å². The third-order valence-corrected chi connectivity index (χ3v) is 6.18. The van der Waals surface area contributed by atoms with Gasteiger partial charge in [-0.3, -0.25) is 0 Å². The fourth-order valence-corrected chi connectivity index (χ4v) is 4.86. The average Bonchev–Trinajstić information content (AvgIpc) is 3.44. The van der Waals surface area contributed by atoms with Crippen molar-refractivity contribution in [2.45, 2.75) is 37.5 Å². The van der Waals surface area contributed by atoms with Crippen LogP contribution in [0.4, 0.5) is 27.8 Å². The van der Waals surface area contributed by atoms with Crippen LogP contribution in [-0.4, -0.2) is 49.2 Å². The number of nitrogens with one attached hydrogen (secondary N) is 2. The van der Waals surface area contributed by atoms with Crippen LogP contribution in [0, 0.1) is 11.8 Å². The van der Waals surface area contributed by atoms with Crippen molar-refractivity contribution < 1.29 is 22.0 Å². The van der Waals surface area contributed by atoms with Gasteiger partial charge in [-0.05, 0) is 31.2 Å². The maximum absolute atomic E-state index is 13.5. The quantitative estimate of drug-likeness (QED) is 0.572. The van der Waals surface area contributed by atoms with Crippen molar-refractivity contribution in [1.29, 1.82) is 0 Å². The molecule has 0 radical (unpaired) electrons. The van der Waals surface area contributed by atoms with E-state index in [-0.39, 0.29) is 29.4 Å². The van der Waals surface area contributed by atoms with E-state index in [1.54, 1.807) is 10.9 Å². The highest BCUT2D eigenvalue weighted by Gasteiger charge is 2.48. The lowest BCUT2D eigenvalue weighted by molar-refractivity contribution is -0.139. The lowest BCUT2D eigenvalue weighted by Gasteiger charge is -2.22. The second kappa shape index (κ2) is 7.87. The van der Waals surface area contributed by atoms with Gasteiger partial charge in [-0.2, -0.15) is 18.3 Å². The van der Waals surface area contributed by atoms with Crippen LogP contribution in [0.1, 0.15) is 36.2 Å². The van der Waals surface area contributed by atoms with Gasteiger partial charge in [0.15, 0.2) is 5.65 Å². The lowest BCUT2D eigenvalue weighted by atomic mass is 9.90. The van der Waals surface area contributed by atoms with E-state index in [9.17, 15) is 22.0 Å². The van der Waals surface area contributed by atoms with Crippen LogP contribution in [0.5, 0.6) is 0 Å². The van der Waals surface area contributed by atoms with Gasteiger partial charge in [0, 0.05) is 6.20 Å². The Morgan fingerprint density at radius 3 is 2.78 bits per heavy atom. The van der Waals surface area contributed by atoms with Crippen LogP contribution in [0.15, 0.2) is 24.9 Å². The van der Waals surface area contributed by atoms with Crippen molar-refractivity contribution in [3.8, 4) is 0 Å². The van der Waals surface area contributed by atoms with Crippen molar-refractivity contribution in [3.05, 3.63) is 36.2 Å². The Morgan fingerprint density at radius 1 is 1.16 bits per heavy atom. The molecule has 4 heterocycles. The number of anilines is 1. The van der Waals surface area contributed by atoms with Gasteiger partial charge in [-0.25, -0.2) is 33.4 Å². The number of hydrogen-bond acceptors (Lipinski definition) is 7. The molecule has 3 aromatic rings. The molecule has 8 nitrogen and oxygen atoms in total. The van der Waals surface area contributed by atoms with E-state index >= 15 is 0 Å². The lowest BCUT2D eigenvalue weighted by Crippen LogP contribution is -2.24. The number of rotatable bonds is 5. The molecule has 5 rings (SSSR count). The van der Waals surface area contributed by atoms with Crippen molar-refractivity contribution in [2.24, 2.45) is 11.8 Å². The van der Waals surface area contributed by atoms with Crippen LogP contribution in [0.2, 0.25) is 0 Å². The molecule has 2 fully saturated rings. The molecule has 1 aliphatic heterocycles. The Balaban J connectivity index is 1.40. The molecule has 2 N–H and O–H groups in total. The first kappa shape index (κ1) is 20.9. The molecule has 1 saturated heterocycles. The van der Waals surface area contributed by atoms with Crippen LogP contribution in [-0.2, 0) is 6.18 Å². The molecule has 0 bridgehead atoms. The number of nitrogens with zero attached hydrogens (tertiary/aromatic N) is 6. The summed E-state index contributed by atoms with van der Waals surface area (Å²) >= 11 is 0. The fraction of sp³-hybridized carbons (Fsp3) is 0.526. The maximum Gasteiger partial charge on any atom is 0.419 e. The van der Waals surface area contributed by atoms with Crippen molar-refractivity contribution >= 4 is 17.0 Å². The molecular weight excluding hydrogens is 435 g/mol. The predicted octanol–water partition coefficient (Wildman–Crippen LogP) is 3.22. The van der Waals surface area contributed by atoms with E-state index in [1.165, 1.54) is 6.20 Å². The van der Waals surface area contributed by atoms with E-state index in [0.717, 1.165) is 12.5 Å². The third-order valence-electron chi connectivity index (χ3n) is 6.18. The van der Waals surface area contributed by atoms with Gasteiger partial charge in [-0.15, -0.1) is 0 Å². The van der Waals surface area contributed by atoms with Gasteiger partial charge in [0.25, 0.3) is 6.43 Å². The zero-order chi connectivity index (χ0) is 22.5. The minimum Gasteiger partial charge on any atom is -0.363 e. The Kier molecular flexibility index (Phi) is 5.14. The second-order valence-corrected chi connectivity index (χ2v) is 8.08. The summed E-state index contributed by atoms with van der Waals surface area (Å²) in [6, 6.07) is -0.635. The minimum atomic E-state index is -4.54. The first-order chi connectivity index (χ1) is 15.3. The normalized spacial score (nSPS) is 25.6. The third kappa shape index (κ3) is 3.74. The van der Waals surface area contributed by atoms with Crippen LogP contribution in [0.3, 0.4) is 0 Å². The predicted molar refractivity (Wildman–Crippen MR) is 103 cm³/mol. The highest BCUT2D eigenvalue weighted by molar-refractivity contribution is 5.71. The molecule has 0 unspecified atom stereocenters. The molecular formula is C19H19F5N8. The molecule has 13 heteroatoms. The summed E-state index contributed by atoms with van der Waals surface area (Å²) < 4.78 is 67.1. The SMILES string of the molecule is FC(F)CNc1cnc2cnn([C@H]3C[C@@H]4CN[C@H](c5ncncc5C(F)(F)F)[C@H]4C3)c2n1. The molecule has 4 atom stereocenters. The number of hydrogen-bond donors (Lipinski definition) is 2. The summed E-state index contributed by atoms with van der Waals surface area (Å²) in [6.45, 7) is 0.0227. The van der Waals surface area contributed by atoms with Gasteiger partial charge < -0.3 is 10.6 Å². The van der Waals surface area contributed by atoms with E-state index in [1.807, 2.05) is 0 Å². The van der Waals surface area contributed by atoms with E-state index < -0.39 is 30.8 Å². The standard InChI is InChI=1S/C19H19F5N8/c20-14(21)6-27-15-7-26-13-5-30-32(18(13)31-15)10-1-9-3-28-16(11(9)2-10)17-12(19(22,23)24)4-25-8-29-17/h4-5,7-11,14,16,28H,1-3,6H2,(H,27,31)/t9-,10+,11+,16+/m1/s1. The summed E-state index contributed by atoms with van der Waals surface area (Å²) in [5.41, 5.74) is 0.113. The molecule has 3 aromatic heterocycles.